The number of para-hydroxylation sites is 1. The van der Waals surface area contributed by atoms with Gasteiger partial charge in [0.2, 0.25) is 11.9 Å². The summed E-state index contributed by atoms with van der Waals surface area (Å²) in [5.41, 5.74) is 7.77. The van der Waals surface area contributed by atoms with Crippen LogP contribution in [0.1, 0.15) is 42.2 Å². The number of nitrogens with two attached hydrogens (primary N) is 1. The molecule has 0 spiro atoms. The SMILES string of the molecule is CC(=O)Nc1nc(N2CCCCC2)nc(Nc2ccncc2)c1/N=N/c1c(C(N)=O)c(C)nn1-c1ccccc1. The van der Waals surface area contributed by atoms with Crippen LogP contribution in [0.25, 0.3) is 5.69 Å². The second kappa shape index (κ2) is 11.7. The number of aromatic nitrogens is 5. The number of nitrogens with zero attached hydrogens (tertiary/aromatic N) is 8. The minimum absolute atomic E-state index is 0.128. The normalized spacial score (nSPS) is 13.4. The number of amides is 2. The van der Waals surface area contributed by atoms with E-state index in [0.717, 1.165) is 32.4 Å². The lowest BCUT2D eigenvalue weighted by molar-refractivity contribution is -0.114. The van der Waals surface area contributed by atoms with E-state index in [4.69, 9.17) is 10.7 Å². The maximum atomic E-state index is 12.4. The largest absolute Gasteiger partial charge is 0.365 e. The van der Waals surface area contributed by atoms with Crippen LogP contribution in [0.5, 0.6) is 0 Å². The molecule has 40 heavy (non-hydrogen) atoms. The van der Waals surface area contributed by atoms with E-state index in [1.807, 2.05) is 30.3 Å². The number of hydrogen-bond donors (Lipinski definition) is 3. The van der Waals surface area contributed by atoms with Gasteiger partial charge in [0.1, 0.15) is 5.56 Å². The Hall–Kier alpha value is -5.20. The molecule has 2 amide bonds. The second-order valence-corrected chi connectivity index (χ2v) is 9.25. The summed E-state index contributed by atoms with van der Waals surface area (Å²) in [7, 11) is 0. The van der Waals surface area contributed by atoms with E-state index in [1.165, 1.54) is 11.6 Å². The highest BCUT2D eigenvalue weighted by atomic mass is 16.1. The fourth-order valence-corrected chi connectivity index (χ4v) is 4.43. The van der Waals surface area contributed by atoms with Crippen molar-refractivity contribution >= 4 is 46.6 Å². The summed E-state index contributed by atoms with van der Waals surface area (Å²) in [4.78, 5) is 40.2. The van der Waals surface area contributed by atoms with E-state index in [-0.39, 0.29) is 28.8 Å². The Kier molecular flexibility index (Phi) is 7.71. The van der Waals surface area contributed by atoms with Gasteiger partial charge >= 0.3 is 0 Å². The monoisotopic (exact) mass is 539 g/mol. The summed E-state index contributed by atoms with van der Waals surface area (Å²) in [6.07, 6.45) is 6.47. The standard InChI is InChI=1S/C27H29N11O2/c1-17-21(23(28)40)26(38(36-17)20-9-5-3-6-10-20)35-34-22-24(30-18(2)39)32-27(37-15-7-4-8-16-37)33-25(22)31-19-11-13-29-14-12-19/h3,5-6,9-14H,4,7-8,15-16H2,1-2H3,(H2,28,40)(H2,29,30,31,32,33,39)/b35-34+. The van der Waals surface area contributed by atoms with Gasteiger partial charge in [-0.1, -0.05) is 18.2 Å². The number of aryl methyl sites for hydroxylation is 1. The first kappa shape index (κ1) is 26.4. The predicted molar refractivity (Wildman–Crippen MR) is 151 cm³/mol. The van der Waals surface area contributed by atoms with E-state index < -0.39 is 5.91 Å². The number of piperidine rings is 1. The molecule has 1 fully saturated rings. The molecule has 4 N–H and O–H groups in total. The van der Waals surface area contributed by atoms with Gasteiger partial charge in [0.05, 0.1) is 11.4 Å². The highest BCUT2D eigenvalue weighted by Crippen LogP contribution is 2.37. The zero-order valence-corrected chi connectivity index (χ0v) is 22.2. The molecule has 4 aromatic rings. The number of pyridine rings is 1. The van der Waals surface area contributed by atoms with E-state index >= 15 is 0 Å². The van der Waals surface area contributed by atoms with Crippen LogP contribution in [0.3, 0.4) is 0 Å². The molecule has 13 heteroatoms. The first-order valence-electron chi connectivity index (χ1n) is 12.9. The first-order chi connectivity index (χ1) is 19.4. The number of carbonyl (C=O) groups excluding carboxylic acids is 2. The third kappa shape index (κ3) is 5.77. The molecule has 204 valence electrons. The number of benzene rings is 1. The molecular formula is C27H29N11O2. The van der Waals surface area contributed by atoms with Crippen molar-refractivity contribution in [2.24, 2.45) is 16.0 Å². The van der Waals surface area contributed by atoms with Crippen LogP contribution in [-0.2, 0) is 4.79 Å². The molecule has 13 nitrogen and oxygen atoms in total. The van der Waals surface area contributed by atoms with E-state index in [1.54, 1.807) is 31.5 Å². The Balaban J connectivity index is 1.67. The lowest BCUT2D eigenvalue weighted by Gasteiger charge is -2.27. The van der Waals surface area contributed by atoms with Crippen molar-refractivity contribution in [3.8, 4) is 5.69 Å². The van der Waals surface area contributed by atoms with Gasteiger partial charge in [0.15, 0.2) is 23.1 Å². The molecule has 1 aliphatic heterocycles. The van der Waals surface area contributed by atoms with Gasteiger partial charge < -0.3 is 21.3 Å². The molecular weight excluding hydrogens is 510 g/mol. The van der Waals surface area contributed by atoms with Crippen LogP contribution >= 0.6 is 0 Å². The maximum absolute atomic E-state index is 12.4. The number of hydrogen-bond acceptors (Lipinski definition) is 10. The van der Waals surface area contributed by atoms with E-state index in [9.17, 15) is 9.59 Å². The molecule has 0 aliphatic carbocycles. The molecule has 1 aromatic carbocycles. The maximum Gasteiger partial charge on any atom is 0.254 e. The van der Waals surface area contributed by atoms with Crippen LogP contribution in [0.2, 0.25) is 0 Å². The van der Waals surface area contributed by atoms with Crippen molar-refractivity contribution in [1.82, 2.24) is 24.7 Å². The van der Waals surface area contributed by atoms with Crippen molar-refractivity contribution in [1.29, 1.82) is 0 Å². The van der Waals surface area contributed by atoms with Crippen LogP contribution in [0, 0.1) is 6.92 Å². The van der Waals surface area contributed by atoms with E-state index in [2.05, 4.69) is 40.8 Å². The summed E-state index contributed by atoms with van der Waals surface area (Å²) < 4.78 is 1.50. The van der Waals surface area contributed by atoms with Crippen molar-refractivity contribution in [3.63, 3.8) is 0 Å². The zero-order valence-electron chi connectivity index (χ0n) is 22.2. The summed E-state index contributed by atoms with van der Waals surface area (Å²) in [5, 5.41) is 19.4. The topological polar surface area (TPSA) is 169 Å². The van der Waals surface area contributed by atoms with Crippen molar-refractivity contribution in [3.05, 3.63) is 66.1 Å². The summed E-state index contributed by atoms with van der Waals surface area (Å²) >= 11 is 0. The number of anilines is 4. The minimum atomic E-state index is -0.692. The Labute approximate surface area is 230 Å². The van der Waals surface area contributed by atoms with E-state index in [0.29, 0.717) is 28.8 Å². The number of rotatable bonds is 8. The summed E-state index contributed by atoms with van der Waals surface area (Å²) in [5.74, 6) is 0.0611. The Morgan fingerprint density at radius 2 is 1.65 bits per heavy atom. The van der Waals surface area contributed by atoms with Crippen molar-refractivity contribution in [2.75, 3.05) is 28.6 Å². The smallest absolute Gasteiger partial charge is 0.254 e. The third-order valence-electron chi connectivity index (χ3n) is 6.28. The Morgan fingerprint density at radius 3 is 2.33 bits per heavy atom. The van der Waals surface area contributed by atoms with Gasteiger partial charge in [-0.25, -0.2) is 4.68 Å². The highest BCUT2D eigenvalue weighted by molar-refractivity contribution is 5.98. The van der Waals surface area contributed by atoms with Gasteiger partial charge in [0.25, 0.3) is 5.91 Å². The van der Waals surface area contributed by atoms with Crippen LogP contribution < -0.4 is 21.3 Å². The van der Waals surface area contributed by atoms with Crippen molar-refractivity contribution in [2.45, 2.75) is 33.1 Å². The van der Waals surface area contributed by atoms with Gasteiger partial charge in [-0.2, -0.15) is 15.1 Å². The van der Waals surface area contributed by atoms with Crippen LogP contribution in [0.4, 0.5) is 34.8 Å². The predicted octanol–water partition coefficient (Wildman–Crippen LogP) is 4.57. The molecule has 0 bridgehead atoms. The number of azo groups is 1. The average molecular weight is 540 g/mol. The van der Waals surface area contributed by atoms with Crippen LogP contribution in [-0.4, -0.2) is 49.6 Å². The molecule has 5 rings (SSSR count). The number of primary amides is 1. The van der Waals surface area contributed by atoms with Gasteiger partial charge in [-0.15, -0.1) is 10.2 Å². The van der Waals surface area contributed by atoms with Gasteiger partial charge in [0, 0.05) is 38.1 Å². The molecule has 0 unspecified atom stereocenters. The first-order valence-corrected chi connectivity index (χ1v) is 12.9. The van der Waals surface area contributed by atoms with Gasteiger partial charge in [-0.3, -0.25) is 14.6 Å². The Bertz CT molecular complexity index is 1550. The molecule has 0 saturated carbocycles. The molecule has 0 atom stereocenters. The molecule has 1 saturated heterocycles. The zero-order chi connectivity index (χ0) is 28.1. The fourth-order valence-electron chi connectivity index (χ4n) is 4.43. The van der Waals surface area contributed by atoms with Crippen LogP contribution in [0.15, 0.2) is 65.1 Å². The highest BCUT2D eigenvalue weighted by Gasteiger charge is 2.24. The quantitative estimate of drug-likeness (QED) is 0.273. The molecule has 0 radical (unpaired) electrons. The summed E-state index contributed by atoms with van der Waals surface area (Å²) in [6, 6.07) is 12.8. The van der Waals surface area contributed by atoms with Gasteiger partial charge in [-0.05, 0) is 50.5 Å². The molecule has 4 heterocycles. The average Bonchev–Trinajstić information content (AvgIpc) is 3.29. The summed E-state index contributed by atoms with van der Waals surface area (Å²) in [6.45, 7) is 4.66. The Morgan fingerprint density at radius 1 is 0.950 bits per heavy atom. The number of nitrogens with one attached hydrogen (secondary N) is 2. The fraction of sp³-hybridized carbons (Fsp3) is 0.259. The molecule has 3 aromatic heterocycles. The lowest BCUT2D eigenvalue weighted by atomic mass is 10.1. The third-order valence-corrected chi connectivity index (χ3v) is 6.28. The lowest BCUT2D eigenvalue weighted by Crippen LogP contribution is -2.31. The van der Waals surface area contributed by atoms with Crippen molar-refractivity contribution < 1.29 is 9.59 Å². The second-order valence-electron chi connectivity index (χ2n) is 9.25. The molecule has 1 aliphatic rings. The minimum Gasteiger partial charge on any atom is -0.365 e. The number of carbonyl (C=O) groups is 2.